The summed E-state index contributed by atoms with van der Waals surface area (Å²) in [7, 11) is -3.05. The molecule has 0 radical (unpaired) electrons. The molecule has 2 aliphatic heterocycles. The topological polar surface area (TPSA) is 40.5 Å². The van der Waals surface area contributed by atoms with Crippen molar-refractivity contribution in [2.75, 3.05) is 23.0 Å². The maximum Gasteiger partial charge on any atom is 0.380 e. The highest BCUT2D eigenvalue weighted by atomic mass is 32.2. The van der Waals surface area contributed by atoms with Crippen LogP contribution in [-0.2, 0) is 0 Å². The SMILES string of the molecule is O[Si](O)(C1SCCCS1)C1SCCCS1. The van der Waals surface area contributed by atoms with Crippen LogP contribution in [0.1, 0.15) is 12.8 Å². The predicted octanol–water partition coefficient (Wildman–Crippen LogP) is 1.88. The molecule has 7 heteroatoms. The second kappa shape index (κ2) is 5.93. The maximum absolute atomic E-state index is 10.4. The van der Waals surface area contributed by atoms with Crippen molar-refractivity contribution >= 4 is 55.6 Å². The Hall–Kier alpha value is 1.54. The van der Waals surface area contributed by atoms with Crippen molar-refractivity contribution in [3.05, 3.63) is 0 Å². The predicted molar refractivity (Wildman–Crippen MR) is 76.8 cm³/mol. The van der Waals surface area contributed by atoms with Crippen LogP contribution in [0.4, 0.5) is 0 Å². The molecule has 0 amide bonds. The normalized spacial score (nSPS) is 26.8. The average Bonchev–Trinajstić information content (AvgIpc) is 2.31. The van der Waals surface area contributed by atoms with E-state index in [0.717, 1.165) is 23.0 Å². The molecular weight excluding hydrogens is 284 g/mol. The summed E-state index contributed by atoms with van der Waals surface area (Å²) in [5, 5.41) is 0. The lowest BCUT2D eigenvalue weighted by Crippen LogP contribution is -2.54. The van der Waals surface area contributed by atoms with E-state index in [1.807, 2.05) is 0 Å². The van der Waals surface area contributed by atoms with Gasteiger partial charge in [-0.3, -0.25) is 0 Å². The van der Waals surface area contributed by atoms with E-state index in [1.165, 1.54) is 12.8 Å². The molecule has 2 fully saturated rings. The van der Waals surface area contributed by atoms with Gasteiger partial charge in [0, 0.05) is 0 Å². The summed E-state index contributed by atoms with van der Waals surface area (Å²) in [4.78, 5) is 20.8. The molecule has 2 N–H and O–H groups in total. The quantitative estimate of drug-likeness (QED) is 0.759. The van der Waals surface area contributed by atoms with Crippen LogP contribution in [0.2, 0.25) is 0 Å². The monoisotopic (exact) mass is 300 g/mol. The van der Waals surface area contributed by atoms with Crippen LogP contribution >= 0.6 is 47.0 Å². The first-order valence-corrected chi connectivity index (χ1v) is 11.4. The Bertz CT molecular complexity index is 185. The minimum absolute atomic E-state index is 0.0781. The largest absolute Gasteiger partial charge is 0.408 e. The second-order valence-electron chi connectivity index (χ2n) is 3.64. The lowest BCUT2D eigenvalue weighted by atomic mass is 10.6. The number of hydrogen-bond acceptors (Lipinski definition) is 6. The summed E-state index contributed by atoms with van der Waals surface area (Å²) in [6.07, 6.45) is 2.42. The zero-order chi connectivity index (χ0) is 10.7. The maximum atomic E-state index is 10.4. The summed E-state index contributed by atoms with van der Waals surface area (Å²) in [6, 6.07) is 0. The molecule has 0 saturated carbocycles. The molecule has 0 atom stereocenters. The van der Waals surface area contributed by atoms with Gasteiger partial charge in [-0.1, -0.05) is 0 Å². The van der Waals surface area contributed by atoms with Gasteiger partial charge >= 0.3 is 8.56 Å². The second-order valence-corrected chi connectivity index (χ2v) is 13.5. The highest BCUT2D eigenvalue weighted by Crippen LogP contribution is 2.43. The van der Waals surface area contributed by atoms with Crippen molar-refractivity contribution in [2.24, 2.45) is 0 Å². The third-order valence-electron chi connectivity index (χ3n) is 2.35. The molecule has 0 bridgehead atoms. The van der Waals surface area contributed by atoms with E-state index in [4.69, 9.17) is 0 Å². The lowest BCUT2D eigenvalue weighted by Gasteiger charge is -2.36. The zero-order valence-corrected chi connectivity index (χ0v) is 12.7. The fourth-order valence-electron chi connectivity index (χ4n) is 1.58. The minimum Gasteiger partial charge on any atom is -0.408 e. The lowest BCUT2D eigenvalue weighted by molar-refractivity contribution is 0.372. The van der Waals surface area contributed by atoms with Crippen molar-refractivity contribution < 1.29 is 9.59 Å². The molecule has 2 rings (SSSR count). The Kier molecular flexibility index (Phi) is 5.13. The fourth-order valence-corrected chi connectivity index (χ4v) is 14.2. The highest BCUT2D eigenvalue weighted by molar-refractivity contribution is 8.23. The number of hydrogen-bond donors (Lipinski definition) is 2. The number of rotatable bonds is 2. The van der Waals surface area contributed by atoms with Crippen molar-refractivity contribution in [3.63, 3.8) is 0 Å². The van der Waals surface area contributed by atoms with Gasteiger partial charge in [-0.15, -0.1) is 47.0 Å². The van der Waals surface area contributed by atoms with Crippen molar-refractivity contribution in [3.8, 4) is 0 Å². The van der Waals surface area contributed by atoms with Gasteiger partial charge in [0.1, 0.15) is 0 Å². The average molecular weight is 301 g/mol. The first-order valence-electron chi connectivity index (χ1n) is 5.12. The van der Waals surface area contributed by atoms with Crippen LogP contribution in [0.25, 0.3) is 0 Å². The summed E-state index contributed by atoms with van der Waals surface area (Å²) >= 11 is 7.05. The first-order chi connectivity index (χ1) is 7.21. The minimum atomic E-state index is -3.05. The summed E-state index contributed by atoms with van der Waals surface area (Å²) in [5.41, 5.74) is 0. The molecule has 0 spiro atoms. The molecule has 2 saturated heterocycles. The standard InChI is InChI=1S/C8H16O2S4Si/c9-15(10,7-11-3-1-4-12-7)8-13-5-2-6-14-8/h7-10H,1-6H2. The van der Waals surface area contributed by atoms with Crippen molar-refractivity contribution in [1.82, 2.24) is 0 Å². The van der Waals surface area contributed by atoms with Crippen LogP contribution in [0, 0.1) is 0 Å². The third-order valence-corrected chi connectivity index (χ3v) is 14.8. The van der Waals surface area contributed by atoms with E-state index in [1.54, 1.807) is 47.0 Å². The molecule has 2 heterocycles. The van der Waals surface area contributed by atoms with Gasteiger partial charge in [0.25, 0.3) is 0 Å². The van der Waals surface area contributed by atoms with E-state index in [-0.39, 0.29) is 8.41 Å². The van der Waals surface area contributed by atoms with Crippen LogP contribution in [0.15, 0.2) is 0 Å². The molecule has 0 aromatic heterocycles. The molecule has 0 aliphatic carbocycles. The van der Waals surface area contributed by atoms with E-state index >= 15 is 0 Å². The van der Waals surface area contributed by atoms with E-state index < -0.39 is 8.56 Å². The Balaban J connectivity index is 1.96. The van der Waals surface area contributed by atoms with Gasteiger partial charge in [0.15, 0.2) is 0 Å². The number of thioether (sulfide) groups is 4. The molecule has 15 heavy (non-hydrogen) atoms. The summed E-state index contributed by atoms with van der Waals surface area (Å²) < 4.78 is 0.156. The van der Waals surface area contributed by atoms with Gasteiger partial charge in [-0.25, -0.2) is 0 Å². The molecule has 88 valence electrons. The van der Waals surface area contributed by atoms with Crippen LogP contribution < -0.4 is 0 Å². The van der Waals surface area contributed by atoms with Crippen LogP contribution in [0.3, 0.4) is 0 Å². The molecule has 0 aromatic rings. The Morgan fingerprint density at radius 1 is 0.733 bits per heavy atom. The van der Waals surface area contributed by atoms with Gasteiger partial charge in [-0.05, 0) is 35.9 Å². The van der Waals surface area contributed by atoms with Gasteiger partial charge in [-0.2, -0.15) is 0 Å². The van der Waals surface area contributed by atoms with Gasteiger partial charge < -0.3 is 9.59 Å². The van der Waals surface area contributed by atoms with Crippen molar-refractivity contribution in [2.45, 2.75) is 21.3 Å². The van der Waals surface area contributed by atoms with Gasteiger partial charge in [0.2, 0.25) is 0 Å². The van der Waals surface area contributed by atoms with Crippen LogP contribution in [0.5, 0.6) is 0 Å². The fraction of sp³-hybridized carbons (Fsp3) is 1.00. The summed E-state index contributed by atoms with van der Waals surface area (Å²) in [5.74, 6) is 4.37. The molecule has 0 unspecified atom stereocenters. The Labute approximate surface area is 109 Å². The van der Waals surface area contributed by atoms with Crippen molar-refractivity contribution in [1.29, 1.82) is 0 Å². The summed E-state index contributed by atoms with van der Waals surface area (Å²) in [6.45, 7) is 0. The van der Waals surface area contributed by atoms with E-state index in [0.29, 0.717) is 0 Å². The highest BCUT2D eigenvalue weighted by Gasteiger charge is 2.49. The molecule has 2 aliphatic rings. The molecule has 0 aromatic carbocycles. The van der Waals surface area contributed by atoms with Crippen LogP contribution in [-0.4, -0.2) is 49.6 Å². The molecule has 2 nitrogen and oxygen atoms in total. The Morgan fingerprint density at radius 2 is 1.07 bits per heavy atom. The zero-order valence-electron chi connectivity index (χ0n) is 8.42. The Morgan fingerprint density at radius 3 is 1.40 bits per heavy atom. The first kappa shape index (κ1) is 13.0. The van der Waals surface area contributed by atoms with E-state index in [9.17, 15) is 9.59 Å². The van der Waals surface area contributed by atoms with Gasteiger partial charge in [0.05, 0.1) is 8.41 Å². The smallest absolute Gasteiger partial charge is 0.380 e. The molecular formula is C8H16O2S4Si. The third kappa shape index (κ3) is 3.26. The van der Waals surface area contributed by atoms with E-state index in [2.05, 4.69) is 0 Å².